The Morgan fingerprint density at radius 2 is 1.97 bits per heavy atom. The molecule has 0 saturated carbocycles. The first-order valence-electron chi connectivity index (χ1n) is 9.45. The van der Waals surface area contributed by atoms with E-state index in [0.717, 1.165) is 40.9 Å². The number of carbonyl (C=O) groups excluding carboxylic acids is 1. The Morgan fingerprint density at radius 1 is 1.21 bits per heavy atom. The van der Waals surface area contributed by atoms with Gasteiger partial charge in [-0.15, -0.1) is 35.7 Å². The number of hydrogen-bond donors (Lipinski definition) is 3. The molecule has 3 N–H and O–H groups in total. The van der Waals surface area contributed by atoms with Gasteiger partial charge in [-0.25, -0.2) is 4.39 Å². The standard InChI is InChI=1S/C21H25FN4OS.HI/c1-2-23-21(24-11-12-28-17-9-7-16(22)8-10-17)25-14-15-13-20(27)26-19-6-4-3-5-18(15)19;/h3-10,15H,2,11-14H2,1H3,(H,26,27)(H2,23,24,25);1H. The molecule has 29 heavy (non-hydrogen) atoms. The molecule has 1 aliphatic heterocycles. The number of rotatable bonds is 7. The summed E-state index contributed by atoms with van der Waals surface area (Å²) in [6.45, 7) is 4.06. The minimum atomic E-state index is -0.220. The molecule has 2 aromatic carbocycles. The summed E-state index contributed by atoms with van der Waals surface area (Å²) in [5.74, 6) is 1.47. The van der Waals surface area contributed by atoms with Gasteiger partial charge in [0.1, 0.15) is 5.82 Å². The van der Waals surface area contributed by atoms with Crippen LogP contribution in [0, 0.1) is 5.82 Å². The average Bonchev–Trinajstić information content (AvgIpc) is 2.70. The van der Waals surface area contributed by atoms with Crippen LogP contribution < -0.4 is 16.0 Å². The van der Waals surface area contributed by atoms with Gasteiger partial charge in [-0.3, -0.25) is 9.79 Å². The highest BCUT2D eigenvalue weighted by atomic mass is 127. The van der Waals surface area contributed by atoms with Gasteiger partial charge in [-0.1, -0.05) is 18.2 Å². The number of amides is 1. The van der Waals surface area contributed by atoms with E-state index >= 15 is 0 Å². The van der Waals surface area contributed by atoms with E-state index in [-0.39, 0.29) is 41.6 Å². The second-order valence-electron chi connectivity index (χ2n) is 6.49. The molecule has 3 rings (SSSR count). The van der Waals surface area contributed by atoms with E-state index in [0.29, 0.717) is 13.0 Å². The number of benzene rings is 2. The van der Waals surface area contributed by atoms with Crippen molar-refractivity contribution in [3.8, 4) is 0 Å². The normalized spacial score (nSPS) is 15.7. The van der Waals surface area contributed by atoms with E-state index in [1.54, 1.807) is 23.9 Å². The lowest BCUT2D eigenvalue weighted by atomic mass is 9.91. The van der Waals surface area contributed by atoms with Crippen LogP contribution in [0.15, 0.2) is 58.4 Å². The second-order valence-corrected chi connectivity index (χ2v) is 7.65. The van der Waals surface area contributed by atoms with Crippen LogP contribution in [0.2, 0.25) is 0 Å². The zero-order valence-corrected chi connectivity index (χ0v) is 19.4. The number of fused-ring (bicyclic) bond motifs is 1. The number of anilines is 1. The Balaban J connectivity index is 0.00000300. The molecule has 2 aromatic rings. The average molecular weight is 528 g/mol. The van der Waals surface area contributed by atoms with Crippen molar-refractivity contribution in [2.45, 2.75) is 24.2 Å². The number of nitrogens with one attached hydrogen (secondary N) is 3. The molecule has 0 aromatic heterocycles. The van der Waals surface area contributed by atoms with Crippen LogP contribution in [0.5, 0.6) is 0 Å². The maximum Gasteiger partial charge on any atom is 0.225 e. The van der Waals surface area contributed by atoms with Gasteiger partial charge in [0.05, 0.1) is 6.54 Å². The van der Waals surface area contributed by atoms with Crippen LogP contribution in [0.25, 0.3) is 0 Å². The highest BCUT2D eigenvalue weighted by Crippen LogP contribution is 2.31. The van der Waals surface area contributed by atoms with E-state index in [1.807, 2.05) is 25.1 Å². The minimum absolute atomic E-state index is 0. The molecule has 1 atom stereocenters. The second kappa shape index (κ2) is 12.0. The number of guanidine groups is 1. The van der Waals surface area contributed by atoms with E-state index in [2.05, 4.69) is 27.0 Å². The number of nitrogens with zero attached hydrogens (tertiary/aromatic N) is 1. The van der Waals surface area contributed by atoms with Gasteiger partial charge in [0.2, 0.25) is 5.91 Å². The number of aliphatic imine (C=N–C) groups is 1. The van der Waals surface area contributed by atoms with Gasteiger partial charge in [0, 0.05) is 41.8 Å². The number of halogens is 2. The number of hydrogen-bond acceptors (Lipinski definition) is 3. The lowest BCUT2D eigenvalue weighted by molar-refractivity contribution is -0.116. The van der Waals surface area contributed by atoms with Gasteiger partial charge >= 0.3 is 0 Å². The fourth-order valence-electron chi connectivity index (χ4n) is 3.08. The molecular weight excluding hydrogens is 502 g/mol. The Labute approximate surface area is 192 Å². The minimum Gasteiger partial charge on any atom is -0.357 e. The topological polar surface area (TPSA) is 65.5 Å². The maximum atomic E-state index is 13.0. The summed E-state index contributed by atoms with van der Waals surface area (Å²) in [5, 5.41) is 9.48. The van der Waals surface area contributed by atoms with Crippen LogP contribution in [0.4, 0.5) is 10.1 Å². The van der Waals surface area contributed by atoms with E-state index < -0.39 is 0 Å². The molecule has 156 valence electrons. The SMILES string of the molecule is CCNC(=NCC1CC(=O)Nc2ccccc21)NCCSc1ccc(F)cc1.I. The zero-order chi connectivity index (χ0) is 19.8. The molecule has 0 aliphatic carbocycles. The van der Waals surface area contributed by atoms with Crippen molar-refractivity contribution in [2.24, 2.45) is 4.99 Å². The monoisotopic (exact) mass is 528 g/mol. The summed E-state index contributed by atoms with van der Waals surface area (Å²) in [6.07, 6.45) is 0.445. The summed E-state index contributed by atoms with van der Waals surface area (Å²) in [5.41, 5.74) is 2.01. The molecule has 0 radical (unpaired) electrons. The third-order valence-corrected chi connectivity index (χ3v) is 5.41. The molecule has 0 fully saturated rings. The molecule has 0 spiro atoms. The first-order chi connectivity index (χ1) is 13.7. The third-order valence-electron chi connectivity index (χ3n) is 4.40. The quantitative estimate of drug-likeness (QED) is 0.166. The van der Waals surface area contributed by atoms with Crippen molar-refractivity contribution in [3.05, 3.63) is 59.9 Å². The Bertz CT molecular complexity index is 832. The van der Waals surface area contributed by atoms with Crippen molar-refractivity contribution in [3.63, 3.8) is 0 Å². The smallest absolute Gasteiger partial charge is 0.225 e. The molecule has 1 heterocycles. The zero-order valence-electron chi connectivity index (χ0n) is 16.3. The van der Waals surface area contributed by atoms with Crippen LogP contribution >= 0.6 is 35.7 Å². The number of carbonyl (C=O) groups is 1. The summed E-state index contributed by atoms with van der Waals surface area (Å²) < 4.78 is 13.0. The largest absolute Gasteiger partial charge is 0.357 e. The number of thioether (sulfide) groups is 1. The highest BCUT2D eigenvalue weighted by molar-refractivity contribution is 14.0. The Hall–Kier alpha value is -1.81. The van der Waals surface area contributed by atoms with E-state index in [9.17, 15) is 9.18 Å². The van der Waals surface area contributed by atoms with Gasteiger partial charge in [0.15, 0.2) is 5.96 Å². The van der Waals surface area contributed by atoms with Gasteiger partial charge in [0.25, 0.3) is 0 Å². The van der Waals surface area contributed by atoms with Crippen molar-refractivity contribution in [1.82, 2.24) is 10.6 Å². The van der Waals surface area contributed by atoms with Crippen molar-refractivity contribution in [2.75, 3.05) is 30.7 Å². The van der Waals surface area contributed by atoms with E-state index in [1.165, 1.54) is 12.1 Å². The summed E-state index contributed by atoms with van der Waals surface area (Å²) in [4.78, 5) is 17.7. The van der Waals surface area contributed by atoms with Gasteiger partial charge in [-0.05, 0) is 42.8 Å². The summed E-state index contributed by atoms with van der Waals surface area (Å²) >= 11 is 1.66. The first kappa shape index (κ1) is 23.5. The maximum absolute atomic E-state index is 13.0. The van der Waals surface area contributed by atoms with Gasteiger partial charge in [-0.2, -0.15) is 0 Å². The molecule has 1 unspecified atom stereocenters. The van der Waals surface area contributed by atoms with E-state index in [4.69, 9.17) is 0 Å². The molecule has 8 heteroatoms. The molecular formula is C21H26FIN4OS. The van der Waals surface area contributed by atoms with Crippen LogP contribution in [0.3, 0.4) is 0 Å². The van der Waals surface area contributed by atoms with Crippen LogP contribution in [-0.2, 0) is 4.79 Å². The molecule has 0 bridgehead atoms. The van der Waals surface area contributed by atoms with Crippen molar-refractivity contribution >= 4 is 53.3 Å². The first-order valence-corrected chi connectivity index (χ1v) is 10.4. The Morgan fingerprint density at radius 3 is 2.72 bits per heavy atom. The van der Waals surface area contributed by atoms with Gasteiger partial charge < -0.3 is 16.0 Å². The molecule has 5 nitrogen and oxygen atoms in total. The third kappa shape index (κ3) is 7.18. The van der Waals surface area contributed by atoms with Crippen molar-refractivity contribution < 1.29 is 9.18 Å². The molecule has 0 saturated heterocycles. The number of para-hydroxylation sites is 1. The predicted octanol–water partition coefficient (Wildman–Crippen LogP) is 4.22. The lowest BCUT2D eigenvalue weighted by Gasteiger charge is -2.24. The van der Waals surface area contributed by atoms with Crippen LogP contribution in [0.1, 0.15) is 24.8 Å². The van der Waals surface area contributed by atoms with Crippen LogP contribution in [-0.4, -0.2) is 37.3 Å². The molecule has 1 aliphatic rings. The fraction of sp³-hybridized carbons (Fsp3) is 0.333. The predicted molar refractivity (Wildman–Crippen MR) is 129 cm³/mol. The summed E-state index contributed by atoms with van der Waals surface area (Å²) in [7, 11) is 0. The Kier molecular flexibility index (Phi) is 9.72. The molecule has 1 amide bonds. The lowest BCUT2D eigenvalue weighted by Crippen LogP contribution is -2.39. The van der Waals surface area contributed by atoms with Crippen molar-refractivity contribution in [1.29, 1.82) is 0 Å². The fourth-order valence-corrected chi connectivity index (χ4v) is 3.85. The highest BCUT2D eigenvalue weighted by Gasteiger charge is 2.24. The summed E-state index contributed by atoms with van der Waals surface area (Å²) in [6, 6.07) is 14.4.